The molecule has 4 nitrogen and oxygen atoms in total. The van der Waals surface area contributed by atoms with Gasteiger partial charge >= 0.3 is 5.97 Å². The lowest BCUT2D eigenvalue weighted by atomic mass is 10.2. The molecule has 1 aromatic carbocycles. The molecule has 0 saturated heterocycles. The van der Waals surface area contributed by atoms with Crippen LogP contribution in [-0.4, -0.2) is 16.1 Å². The molecule has 2 aromatic rings. The van der Waals surface area contributed by atoms with E-state index in [1.807, 2.05) is 19.1 Å². The van der Waals surface area contributed by atoms with E-state index >= 15 is 0 Å². The molecule has 92 valence electrons. The molecule has 0 spiro atoms. The van der Waals surface area contributed by atoms with E-state index in [4.69, 9.17) is 16.7 Å². The number of anilines is 2. The number of nitrogens with one attached hydrogen (secondary N) is 1. The third-order valence-corrected chi connectivity index (χ3v) is 2.70. The van der Waals surface area contributed by atoms with Gasteiger partial charge in [-0.1, -0.05) is 11.6 Å². The lowest BCUT2D eigenvalue weighted by Gasteiger charge is -2.08. The summed E-state index contributed by atoms with van der Waals surface area (Å²) in [4.78, 5) is 14.9. The van der Waals surface area contributed by atoms with Gasteiger partial charge in [0.05, 0.1) is 10.6 Å². The zero-order valence-electron chi connectivity index (χ0n) is 9.64. The summed E-state index contributed by atoms with van der Waals surface area (Å²) < 4.78 is 0. The van der Waals surface area contributed by atoms with E-state index < -0.39 is 5.97 Å². The number of hydrogen-bond acceptors (Lipinski definition) is 3. The van der Waals surface area contributed by atoms with Crippen LogP contribution in [-0.2, 0) is 0 Å². The minimum Gasteiger partial charge on any atom is -0.478 e. The van der Waals surface area contributed by atoms with Crippen LogP contribution >= 0.6 is 11.6 Å². The summed E-state index contributed by atoms with van der Waals surface area (Å²) in [5.74, 6) is -1.04. The number of aryl methyl sites for hydroxylation is 1. The highest BCUT2D eigenvalue weighted by Crippen LogP contribution is 2.23. The maximum atomic E-state index is 10.8. The van der Waals surface area contributed by atoms with Gasteiger partial charge in [0.15, 0.2) is 0 Å². The van der Waals surface area contributed by atoms with Gasteiger partial charge in [-0.2, -0.15) is 0 Å². The minimum atomic E-state index is -1.04. The Balaban J connectivity index is 2.25. The van der Waals surface area contributed by atoms with Crippen LogP contribution in [0, 0.1) is 6.92 Å². The number of carbonyl (C=O) groups is 1. The van der Waals surface area contributed by atoms with Gasteiger partial charge in [-0.25, -0.2) is 4.79 Å². The van der Waals surface area contributed by atoms with E-state index in [2.05, 4.69) is 10.3 Å². The Morgan fingerprint density at radius 3 is 2.61 bits per heavy atom. The molecular weight excluding hydrogens is 252 g/mol. The smallest absolute Gasteiger partial charge is 0.337 e. The lowest BCUT2D eigenvalue weighted by molar-refractivity contribution is 0.0697. The van der Waals surface area contributed by atoms with E-state index in [9.17, 15) is 4.79 Å². The van der Waals surface area contributed by atoms with Crippen molar-refractivity contribution in [3.63, 3.8) is 0 Å². The van der Waals surface area contributed by atoms with E-state index in [1.165, 1.54) is 6.07 Å². The molecule has 0 fully saturated rings. The van der Waals surface area contributed by atoms with Gasteiger partial charge in [-0.3, -0.25) is 4.98 Å². The number of benzene rings is 1. The van der Waals surface area contributed by atoms with Gasteiger partial charge in [-0.05, 0) is 37.3 Å². The fraction of sp³-hybridized carbons (Fsp3) is 0.0769. The molecule has 1 aromatic heterocycles. The molecule has 0 aliphatic rings. The predicted molar refractivity (Wildman–Crippen MR) is 70.7 cm³/mol. The van der Waals surface area contributed by atoms with Crippen molar-refractivity contribution < 1.29 is 9.90 Å². The molecule has 0 unspecified atom stereocenters. The van der Waals surface area contributed by atoms with Gasteiger partial charge in [0.25, 0.3) is 0 Å². The summed E-state index contributed by atoms with van der Waals surface area (Å²) in [5.41, 5.74) is 2.60. The van der Waals surface area contributed by atoms with Crippen LogP contribution in [0.25, 0.3) is 0 Å². The maximum Gasteiger partial charge on any atom is 0.337 e. The maximum absolute atomic E-state index is 10.8. The SMILES string of the molecule is Cc1cc(Nc2ccc(C(=O)O)c(Cl)c2)ccn1. The molecule has 2 N–H and O–H groups in total. The molecule has 0 saturated carbocycles. The topological polar surface area (TPSA) is 62.2 Å². The molecule has 0 aliphatic heterocycles. The Labute approximate surface area is 109 Å². The van der Waals surface area contributed by atoms with Crippen molar-refractivity contribution in [2.45, 2.75) is 6.92 Å². The highest BCUT2D eigenvalue weighted by atomic mass is 35.5. The summed E-state index contributed by atoms with van der Waals surface area (Å²) in [5, 5.41) is 12.2. The predicted octanol–water partition coefficient (Wildman–Crippen LogP) is 3.49. The quantitative estimate of drug-likeness (QED) is 0.889. The first kappa shape index (κ1) is 12.4. The molecular formula is C13H11ClN2O2. The molecule has 18 heavy (non-hydrogen) atoms. The molecule has 0 bridgehead atoms. The molecule has 5 heteroatoms. The van der Waals surface area contributed by atoms with E-state index in [0.29, 0.717) is 0 Å². The van der Waals surface area contributed by atoms with Gasteiger partial charge < -0.3 is 10.4 Å². The fourth-order valence-electron chi connectivity index (χ4n) is 1.56. The van der Waals surface area contributed by atoms with E-state index in [1.54, 1.807) is 18.3 Å². The monoisotopic (exact) mass is 262 g/mol. The summed E-state index contributed by atoms with van der Waals surface area (Å²) in [6.45, 7) is 1.89. The summed E-state index contributed by atoms with van der Waals surface area (Å²) in [6.07, 6.45) is 1.70. The first-order valence-electron chi connectivity index (χ1n) is 5.29. The second-order valence-corrected chi connectivity index (χ2v) is 4.22. The van der Waals surface area contributed by atoms with Crippen LogP contribution in [0.2, 0.25) is 5.02 Å². The van der Waals surface area contributed by atoms with Gasteiger partial charge in [0, 0.05) is 23.3 Å². The van der Waals surface area contributed by atoms with Crippen molar-refractivity contribution in [1.82, 2.24) is 4.98 Å². The summed E-state index contributed by atoms with van der Waals surface area (Å²) in [7, 11) is 0. The summed E-state index contributed by atoms with van der Waals surface area (Å²) in [6, 6.07) is 8.44. The first-order valence-corrected chi connectivity index (χ1v) is 5.66. The highest BCUT2D eigenvalue weighted by Gasteiger charge is 2.08. The van der Waals surface area contributed by atoms with Crippen molar-refractivity contribution >= 4 is 28.9 Å². The highest BCUT2D eigenvalue weighted by molar-refractivity contribution is 6.33. The normalized spacial score (nSPS) is 10.1. The fourth-order valence-corrected chi connectivity index (χ4v) is 1.82. The van der Waals surface area contributed by atoms with Crippen LogP contribution in [0.3, 0.4) is 0 Å². The van der Waals surface area contributed by atoms with Crippen molar-refractivity contribution in [2.24, 2.45) is 0 Å². The minimum absolute atomic E-state index is 0.0909. The van der Waals surface area contributed by atoms with E-state index in [0.717, 1.165) is 17.1 Å². The Bertz CT molecular complexity index is 599. The van der Waals surface area contributed by atoms with Crippen molar-refractivity contribution in [2.75, 3.05) is 5.32 Å². The number of nitrogens with zero attached hydrogens (tertiary/aromatic N) is 1. The Morgan fingerprint density at radius 2 is 2.00 bits per heavy atom. The number of pyridine rings is 1. The number of aromatic nitrogens is 1. The number of aromatic carboxylic acids is 1. The second kappa shape index (κ2) is 5.06. The van der Waals surface area contributed by atoms with Crippen molar-refractivity contribution in [3.05, 3.63) is 52.8 Å². The van der Waals surface area contributed by atoms with E-state index in [-0.39, 0.29) is 10.6 Å². The number of halogens is 1. The Morgan fingerprint density at radius 1 is 1.28 bits per heavy atom. The molecule has 2 rings (SSSR count). The molecule has 1 heterocycles. The molecule has 0 amide bonds. The Hall–Kier alpha value is -2.07. The zero-order valence-corrected chi connectivity index (χ0v) is 10.4. The van der Waals surface area contributed by atoms with Crippen LogP contribution < -0.4 is 5.32 Å². The van der Waals surface area contributed by atoms with Gasteiger partial charge in [0.2, 0.25) is 0 Å². The second-order valence-electron chi connectivity index (χ2n) is 3.81. The lowest BCUT2D eigenvalue weighted by Crippen LogP contribution is -1.98. The molecule has 0 atom stereocenters. The van der Waals surface area contributed by atoms with Gasteiger partial charge in [-0.15, -0.1) is 0 Å². The average Bonchev–Trinajstić information content (AvgIpc) is 2.28. The average molecular weight is 263 g/mol. The summed E-state index contributed by atoms with van der Waals surface area (Å²) >= 11 is 5.89. The van der Waals surface area contributed by atoms with Crippen molar-refractivity contribution in [1.29, 1.82) is 0 Å². The molecule has 0 aliphatic carbocycles. The third-order valence-electron chi connectivity index (χ3n) is 2.38. The number of carboxylic acid groups (broad SMARTS) is 1. The largest absolute Gasteiger partial charge is 0.478 e. The zero-order chi connectivity index (χ0) is 13.1. The number of hydrogen-bond donors (Lipinski definition) is 2. The van der Waals surface area contributed by atoms with Crippen LogP contribution in [0.15, 0.2) is 36.5 Å². The van der Waals surface area contributed by atoms with Crippen LogP contribution in [0.5, 0.6) is 0 Å². The van der Waals surface area contributed by atoms with Gasteiger partial charge in [0.1, 0.15) is 0 Å². The Kier molecular flexibility index (Phi) is 3.48. The standard InChI is InChI=1S/C13H11ClN2O2/c1-8-6-10(4-5-15-8)16-9-2-3-11(13(17)18)12(14)7-9/h2-7H,1H3,(H,15,16)(H,17,18). The van der Waals surface area contributed by atoms with Crippen LogP contribution in [0.1, 0.15) is 16.1 Å². The number of carboxylic acids is 1. The molecule has 0 radical (unpaired) electrons. The van der Waals surface area contributed by atoms with Crippen LogP contribution in [0.4, 0.5) is 11.4 Å². The number of rotatable bonds is 3. The first-order chi connectivity index (χ1) is 8.56. The third kappa shape index (κ3) is 2.78. The van der Waals surface area contributed by atoms with Crippen molar-refractivity contribution in [3.8, 4) is 0 Å².